The second-order valence-corrected chi connectivity index (χ2v) is 8.90. The fourth-order valence-corrected chi connectivity index (χ4v) is 4.89. The summed E-state index contributed by atoms with van der Waals surface area (Å²) in [4.78, 5) is 14.1. The van der Waals surface area contributed by atoms with Crippen molar-refractivity contribution in [2.75, 3.05) is 13.1 Å². The van der Waals surface area contributed by atoms with Gasteiger partial charge in [0.1, 0.15) is 5.82 Å². The minimum Gasteiger partial charge on any atom is -0.339 e. The van der Waals surface area contributed by atoms with E-state index in [0.29, 0.717) is 11.1 Å². The highest BCUT2D eigenvalue weighted by molar-refractivity contribution is 7.89. The fraction of sp³-hybridized carbons (Fsp3) is 0.316. The summed E-state index contributed by atoms with van der Waals surface area (Å²) in [5.74, 6) is -1.37. The van der Waals surface area contributed by atoms with Gasteiger partial charge < -0.3 is 4.90 Å². The minimum atomic E-state index is -3.60. The standard InChI is InChI=1S/C19H19ClFNO3S/c20-17-4-3-5-18(21)16(17)13-26(24,25)12-14-6-8-15(9-7-14)19(23)22-10-1-2-11-22/h3-9H,1-2,10-13H2. The van der Waals surface area contributed by atoms with E-state index in [9.17, 15) is 17.6 Å². The van der Waals surface area contributed by atoms with E-state index in [1.54, 1.807) is 29.2 Å². The number of carbonyl (C=O) groups is 1. The van der Waals surface area contributed by atoms with Crippen LogP contribution in [-0.2, 0) is 21.3 Å². The summed E-state index contributed by atoms with van der Waals surface area (Å²) < 4.78 is 38.6. The van der Waals surface area contributed by atoms with E-state index < -0.39 is 21.4 Å². The van der Waals surface area contributed by atoms with Gasteiger partial charge in [0, 0.05) is 29.2 Å². The largest absolute Gasteiger partial charge is 0.339 e. The van der Waals surface area contributed by atoms with Gasteiger partial charge in [-0.05, 0) is 42.7 Å². The van der Waals surface area contributed by atoms with Crippen LogP contribution in [0.4, 0.5) is 4.39 Å². The maximum Gasteiger partial charge on any atom is 0.253 e. The van der Waals surface area contributed by atoms with Crippen LogP contribution in [0.5, 0.6) is 0 Å². The monoisotopic (exact) mass is 395 g/mol. The van der Waals surface area contributed by atoms with Crippen molar-refractivity contribution in [3.63, 3.8) is 0 Å². The van der Waals surface area contributed by atoms with Gasteiger partial charge >= 0.3 is 0 Å². The van der Waals surface area contributed by atoms with Gasteiger partial charge in [-0.3, -0.25) is 4.79 Å². The number of sulfone groups is 1. The lowest BCUT2D eigenvalue weighted by molar-refractivity contribution is 0.0793. The van der Waals surface area contributed by atoms with Crippen molar-refractivity contribution in [3.8, 4) is 0 Å². The molecule has 2 aromatic carbocycles. The van der Waals surface area contributed by atoms with Gasteiger partial charge in [0.2, 0.25) is 0 Å². The summed E-state index contributed by atoms with van der Waals surface area (Å²) in [5.41, 5.74) is 1.08. The second kappa shape index (κ2) is 7.76. The number of likely N-dealkylation sites (tertiary alicyclic amines) is 1. The first kappa shape index (κ1) is 18.9. The molecule has 1 aliphatic rings. The summed E-state index contributed by atoms with van der Waals surface area (Å²) in [7, 11) is -3.60. The van der Waals surface area contributed by atoms with E-state index in [2.05, 4.69) is 0 Å². The topological polar surface area (TPSA) is 54.5 Å². The van der Waals surface area contributed by atoms with Gasteiger partial charge in [-0.2, -0.15) is 0 Å². The van der Waals surface area contributed by atoms with Gasteiger partial charge in [0.25, 0.3) is 5.91 Å². The zero-order chi connectivity index (χ0) is 18.7. The van der Waals surface area contributed by atoms with Crippen LogP contribution in [-0.4, -0.2) is 32.3 Å². The van der Waals surface area contributed by atoms with Gasteiger partial charge in [-0.25, -0.2) is 12.8 Å². The van der Waals surface area contributed by atoms with Crippen molar-refractivity contribution in [2.45, 2.75) is 24.3 Å². The SMILES string of the molecule is O=C(c1ccc(CS(=O)(=O)Cc2c(F)cccc2Cl)cc1)N1CCCC1. The van der Waals surface area contributed by atoms with Crippen molar-refractivity contribution in [3.05, 3.63) is 70.0 Å². The predicted molar refractivity (Wildman–Crippen MR) is 99.3 cm³/mol. The molecular weight excluding hydrogens is 377 g/mol. The quantitative estimate of drug-likeness (QED) is 0.773. The summed E-state index contributed by atoms with van der Waals surface area (Å²) in [5, 5.41) is 0.0973. The number of hydrogen-bond acceptors (Lipinski definition) is 3. The van der Waals surface area contributed by atoms with Crippen LogP contribution in [0.3, 0.4) is 0 Å². The van der Waals surface area contributed by atoms with E-state index >= 15 is 0 Å². The van der Waals surface area contributed by atoms with E-state index in [1.165, 1.54) is 18.2 Å². The van der Waals surface area contributed by atoms with Crippen molar-refractivity contribution >= 4 is 27.3 Å². The maximum absolute atomic E-state index is 13.8. The third-order valence-corrected chi connectivity index (χ3v) is 6.26. The minimum absolute atomic E-state index is 0.0185. The van der Waals surface area contributed by atoms with Gasteiger partial charge in [0.15, 0.2) is 9.84 Å². The molecule has 0 spiro atoms. The number of hydrogen-bond donors (Lipinski definition) is 0. The van der Waals surface area contributed by atoms with E-state index in [0.717, 1.165) is 25.9 Å². The Balaban J connectivity index is 1.70. The molecule has 0 atom stereocenters. The molecule has 1 fully saturated rings. The fourth-order valence-electron chi connectivity index (χ4n) is 3.04. The Morgan fingerprint density at radius 2 is 1.69 bits per heavy atom. The maximum atomic E-state index is 13.8. The molecule has 1 aliphatic heterocycles. The zero-order valence-corrected chi connectivity index (χ0v) is 15.7. The number of carbonyl (C=O) groups excluding carboxylic acids is 1. The van der Waals surface area contributed by atoms with Crippen molar-refractivity contribution in [2.24, 2.45) is 0 Å². The van der Waals surface area contributed by atoms with Gasteiger partial charge in [0.05, 0.1) is 11.5 Å². The normalized spacial score (nSPS) is 14.6. The van der Waals surface area contributed by atoms with Crippen LogP contribution in [0.15, 0.2) is 42.5 Å². The van der Waals surface area contributed by atoms with E-state index in [1.807, 2.05) is 0 Å². The molecule has 0 bridgehead atoms. The molecule has 3 rings (SSSR count). The number of rotatable bonds is 5. The predicted octanol–water partition coefficient (Wildman–Crippen LogP) is 3.83. The molecule has 1 amide bonds. The lowest BCUT2D eigenvalue weighted by atomic mass is 10.1. The Morgan fingerprint density at radius 1 is 1.04 bits per heavy atom. The Bertz CT molecular complexity index is 887. The number of nitrogens with zero attached hydrogens (tertiary/aromatic N) is 1. The molecule has 0 radical (unpaired) electrons. The molecule has 1 saturated heterocycles. The zero-order valence-electron chi connectivity index (χ0n) is 14.1. The molecule has 0 N–H and O–H groups in total. The first-order chi connectivity index (χ1) is 12.4. The summed E-state index contributed by atoms with van der Waals surface area (Å²) >= 11 is 5.91. The third-order valence-electron chi connectivity index (χ3n) is 4.41. The summed E-state index contributed by atoms with van der Waals surface area (Å²) in [6.45, 7) is 1.52. The molecule has 4 nitrogen and oxygen atoms in total. The molecule has 1 heterocycles. The van der Waals surface area contributed by atoms with E-state index in [4.69, 9.17) is 11.6 Å². The molecule has 0 saturated carbocycles. The molecule has 0 aliphatic carbocycles. The second-order valence-electron chi connectivity index (χ2n) is 6.43. The summed E-state index contributed by atoms with van der Waals surface area (Å²) in [6.07, 6.45) is 2.03. The van der Waals surface area contributed by atoms with Crippen molar-refractivity contribution in [1.82, 2.24) is 4.90 Å². The average Bonchev–Trinajstić information content (AvgIpc) is 3.13. The Morgan fingerprint density at radius 3 is 2.31 bits per heavy atom. The number of amides is 1. The van der Waals surface area contributed by atoms with Crippen molar-refractivity contribution in [1.29, 1.82) is 0 Å². The molecular formula is C19H19ClFNO3S. The first-order valence-corrected chi connectivity index (χ1v) is 10.6. The molecule has 138 valence electrons. The smallest absolute Gasteiger partial charge is 0.253 e. The van der Waals surface area contributed by atoms with Gasteiger partial charge in [-0.1, -0.05) is 29.8 Å². The third kappa shape index (κ3) is 4.43. The lowest BCUT2D eigenvalue weighted by Crippen LogP contribution is -2.27. The molecule has 7 heteroatoms. The van der Waals surface area contributed by atoms with Crippen LogP contribution < -0.4 is 0 Å². The molecule has 2 aromatic rings. The van der Waals surface area contributed by atoms with E-state index in [-0.39, 0.29) is 22.2 Å². The summed E-state index contributed by atoms with van der Waals surface area (Å²) in [6, 6.07) is 10.6. The Hall–Kier alpha value is -1.92. The lowest BCUT2D eigenvalue weighted by Gasteiger charge is -2.15. The van der Waals surface area contributed by atoms with Crippen LogP contribution in [0.25, 0.3) is 0 Å². The van der Waals surface area contributed by atoms with Crippen LogP contribution in [0.1, 0.15) is 34.3 Å². The van der Waals surface area contributed by atoms with Gasteiger partial charge in [-0.15, -0.1) is 0 Å². The number of halogens is 2. The molecule has 0 unspecified atom stereocenters. The van der Waals surface area contributed by atoms with Crippen LogP contribution >= 0.6 is 11.6 Å². The Labute approximate surface area is 157 Å². The molecule has 26 heavy (non-hydrogen) atoms. The highest BCUT2D eigenvalue weighted by Gasteiger charge is 2.21. The van der Waals surface area contributed by atoms with Crippen LogP contribution in [0.2, 0.25) is 5.02 Å². The van der Waals surface area contributed by atoms with Crippen LogP contribution in [0, 0.1) is 5.82 Å². The Kier molecular flexibility index (Phi) is 5.63. The average molecular weight is 396 g/mol. The van der Waals surface area contributed by atoms with Crippen molar-refractivity contribution < 1.29 is 17.6 Å². The highest BCUT2D eigenvalue weighted by Crippen LogP contribution is 2.23. The first-order valence-electron chi connectivity index (χ1n) is 8.37. The highest BCUT2D eigenvalue weighted by atomic mass is 35.5. The molecule has 0 aromatic heterocycles. The number of benzene rings is 2.